The number of ketones is 1. The van der Waals surface area contributed by atoms with E-state index >= 15 is 0 Å². The number of nitrogens with zero attached hydrogens (tertiary/aromatic N) is 2. The first-order valence-corrected chi connectivity index (χ1v) is 32.5. The molecular formula is C58H53Cl6F6IN2O16. The molecule has 0 amide bonds. The normalized spacial score (nSPS) is 19.3. The number of aliphatic hydroxyl groups is 1. The number of Topliss-reactive ketones (excluding diaryl/α,β-unsaturated/α-hetero) is 1. The van der Waals surface area contributed by atoms with E-state index in [9.17, 15) is 65.0 Å². The number of ether oxygens (including phenoxy) is 2. The number of aryl methyl sites for hydroxylation is 2. The Morgan fingerprint density at radius 3 is 1.42 bits per heavy atom. The van der Waals surface area contributed by atoms with Crippen molar-refractivity contribution < 1.29 is 96.4 Å². The number of alkyl halides is 8. The second-order valence-corrected chi connectivity index (χ2v) is 30.4. The summed E-state index contributed by atoms with van der Waals surface area (Å²) in [6, 6.07) is 20.5. The fourth-order valence-corrected chi connectivity index (χ4v) is 17.3. The van der Waals surface area contributed by atoms with Gasteiger partial charge < -0.3 is 24.3 Å². The number of carbonyl (C=O) groups excluding carboxylic acids is 7. The van der Waals surface area contributed by atoms with Crippen LogP contribution in [0.4, 0.5) is 26.3 Å². The van der Waals surface area contributed by atoms with Crippen LogP contribution in [-0.4, -0.2) is 93.1 Å². The maximum atomic E-state index is 14.2. The molecule has 0 spiro atoms. The van der Waals surface area contributed by atoms with E-state index in [0.717, 1.165) is 45.0 Å². The summed E-state index contributed by atoms with van der Waals surface area (Å²) in [6.45, 7) is 16.5. The monoisotopic (exact) mass is 1480 g/mol. The van der Waals surface area contributed by atoms with Gasteiger partial charge in [0.15, 0.2) is 11.8 Å². The van der Waals surface area contributed by atoms with Crippen molar-refractivity contribution in [2.45, 2.75) is 117 Å². The predicted molar refractivity (Wildman–Crippen MR) is 324 cm³/mol. The van der Waals surface area contributed by atoms with Crippen molar-refractivity contribution in [3.8, 4) is 0 Å². The fraction of sp³-hybridized carbons (Fsp3) is 0.328. The van der Waals surface area contributed by atoms with Crippen molar-refractivity contribution in [2.75, 3.05) is 5.34 Å². The second-order valence-electron chi connectivity index (χ2n) is 21.0. The van der Waals surface area contributed by atoms with E-state index in [-0.39, 0.29) is 62.5 Å². The molecule has 0 aliphatic carbocycles. The van der Waals surface area contributed by atoms with Gasteiger partial charge in [0.1, 0.15) is 16.9 Å². The average Bonchev–Trinajstić information content (AvgIpc) is 1.60. The van der Waals surface area contributed by atoms with Crippen LogP contribution in [0.15, 0.2) is 107 Å². The third-order valence-electron chi connectivity index (χ3n) is 11.7. The Balaban J connectivity index is 0.000000242. The maximum absolute atomic E-state index is 14.2. The summed E-state index contributed by atoms with van der Waals surface area (Å²) in [5, 5.41) is 17.7. The molecule has 0 saturated heterocycles. The Morgan fingerprint density at radius 1 is 0.596 bits per heavy atom. The van der Waals surface area contributed by atoms with Crippen molar-refractivity contribution in [3.05, 3.63) is 171 Å². The first-order chi connectivity index (χ1) is 40.9. The Morgan fingerprint density at radius 2 is 1.01 bits per heavy atom. The van der Waals surface area contributed by atoms with Gasteiger partial charge in [-0.25, -0.2) is 9.59 Å². The molecule has 3 atom stereocenters. The molecule has 0 radical (unpaired) electrons. The van der Waals surface area contributed by atoms with Crippen LogP contribution < -0.4 is 0 Å². The maximum Gasteiger partial charge on any atom is 0.443 e. The van der Waals surface area contributed by atoms with Gasteiger partial charge in [-0.1, -0.05) is 68.8 Å². The minimum atomic E-state index is -6.03. The first-order valence-electron chi connectivity index (χ1n) is 25.4. The molecular weight excluding hydrogens is 1430 g/mol. The number of rotatable bonds is 9. The number of benzene rings is 5. The third-order valence-corrected chi connectivity index (χ3v) is 20.7. The molecule has 18 nitrogen and oxygen atoms in total. The summed E-state index contributed by atoms with van der Waals surface area (Å²) < 4.78 is 116. The summed E-state index contributed by atoms with van der Waals surface area (Å²) in [4.78, 5) is 94.1. The largest absolute Gasteiger partial charge is 0.456 e. The molecule has 482 valence electrons. The number of halogens is 13. The Labute approximate surface area is 537 Å². The van der Waals surface area contributed by atoms with Crippen LogP contribution in [0.25, 0.3) is 0 Å². The van der Waals surface area contributed by atoms with E-state index in [0.29, 0.717) is 11.1 Å². The molecule has 0 aromatic heterocycles. The van der Waals surface area contributed by atoms with Crippen molar-refractivity contribution in [2.24, 2.45) is 10.3 Å². The van der Waals surface area contributed by atoms with Crippen molar-refractivity contribution in [3.63, 3.8) is 0 Å². The number of hydrogen-bond donors (Lipinski definition) is 1. The zero-order valence-corrected chi connectivity index (χ0v) is 55.1. The quantitative estimate of drug-likeness (QED) is 0.0625. The van der Waals surface area contributed by atoms with E-state index in [1.807, 2.05) is 0 Å². The number of carbonyl (C=O) groups is 7. The van der Waals surface area contributed by atoms with Crippen LogP contribution in [0.1, 0.15) is 127 Å². The van der Waals surface area contributed by atoms with Crippen LogP contribution in [0.5, 0.6) is 0 Å². The smallest absolute Gasteiger partial charge is 0.443 e. The number of hydrogen-bond acceptors (Lipinski definition) is 18. The Bertz CT molecular complexity index is 3610. The summed E-state index contributed by atoms with van der Waals surface area (Å²) in [6.07, 6.45) is -12.4. The van der Waals surface area contributed by atoms with Gasteiger partial charge in [-0.2, -0.15) is 26.3 Å². The second kappa shape index (κ2) is 27.6. The Hall–Kier alpha value is -6.46. The van der Waals surface area contributed by atoms with Crippen molar-refractivity contribution in [1.82, 2.24) is 0 Å². The molecule has 89 heavy (non-hydrogen) atoms. The fourth-order valence-electron chi connectivity index (χ4n) is 8.45. The van der Waals surface area contributed by atoms with E-state index < -0.39 is 118 Å². The third kappa shape index (κ3) is 16.2. The van der Waals surface area contributed by atoms with Crippen LogP contribution in [0.3, 0.4) is 0 Å². The molecule has 0 fully saturated rings. The van der Waals surface area contributed by atoms with Gasteiger partial charge in [-0.15, -0.1) is 23.2 Å². The molecule has 3 aliphatic heterocycles. The number of esters is 2. The molecule has 0 bridgehead atoms. The molecule has 8 rings (SSSR count). The van der Waals surface area contributed by atoms with Gasteiger partial charge in [0.25, 0.3) is 5.60 Å². The molecule has 31 heteroatoms. The van der Waals surface area contributed by atoms with E-state index in [1.54, 1.807) is 61.5 Å². The predicted octanol–water partition coefficient (Wildman–Crippen LogP) is 15.2. The van der Waals surface area contributed by atoms with Gasteiger partial charge in [0.05, 0.1) is 16.5 Å². The number of aliphatic hydroxyl groups excluding tert-OH is 1. The van der Waals surface area contributed by atoms with E-state index in [2.05, 4.69) is 10.3 Å². The van der Waals surface area contributed by atoms with Gasteiger partial charge >= 0.3 is 158 Å². The molecule has 5 aromatic carbocycles. The van der Waals surface area contributed by atoms with Crippen molar-refractivity contribution >= 4 is 141 Å². The van der Waals surface area contributed by atoms with Crippen molar-refractivity contribution in [1.29, 1.82) is 0 Å². The molecule has 5 aromatic rings. The molecule has 0 saturated carbocycles. The van der Waals surface area contributed by atoms with Gasteiger partial charge in [0.2, 0.25) is 5.78 Å². The summed E-state index contributed by atoms with van der Waals surface area (Å²) >= 11 is 27.0. The first kappa shape index (κ1) is 73.3. The molecule has 3 heterocycles. The van der Waals surface area contributed by atoms with Crippen LogP contribution in [0.2, 0.25) is 20.1 Å². The SMILES string of the molecule is CC(=O)OI1(OC(C)=O)(OC(C)=O)OC(=O)c2ccccc21.Cc1cc(C2=NOC(c3cc(Cl)cc(Cl)c3)(C(F)(F)F)C2=O)ccc1C(=O)OC(C)(C)C.Cc1cc(C2=NOC(c3cc(Cl)cc(Cl)c3)(C(F)(F)F)C2O)ccc1C(=O)OC(C)(C)C.ClCCl. The zero-order chi connectivity index (χ0) is 67.4. The molecule has 3 unspecified atom stereocenters. The minimum Gasteiger partial charge on any atom is -0.456 e. The van der Waals surface area contributed by atoms with Crippen LogP contribution >= 0.6 is 88.3 Å². The molecule has 3 aliphatic rings. The van der Waals surface area contributed by atoms with Gasteiger partial charge in [0, 0.05) is 42.3 Å². The summed E-state index contributed by atoms with van der Waals surface area (Å²) in [7, 11) is 0. The number of fused-ring (bicyclic) bond motifs is 1. The van der Waals surface area contributed by atoms with Crippen LogP contribution in [-0.2, 0) is 61.8 Å². The van der Waals surface area contributed by atoms with Crippen LogP contribution in [0, 0.1) is 17.4 Å². The average molecular weight is 1490 g/mol. The standard InChI is InChI=1S/C22H20Cl2F3NO4.C22H18Cl2F3NO4.C13H13IO8.CH2Cl2/c2*1-11-7-12(5-6-16(11)19(30)31-20(2,3)4)17-18(29)21(32-28-17,22(25,26)27)13-8-14(23)10-15(24)9-13;1-8(15)19-14(20-9(2)16,21-10(3)17)12-7-5-4-6-11(12)13(18)22-14;2-1-3/h5-10,18,29H,1-4H3;5-10H,1-4H3;4-7H,1-3H3;1H2. The zero-order valence-electron chi connectivity index (χ0n) is 48.4. The molecule has 1 N–H and O–H groups in total. The topological polar surface area (TPSA) is 238 Å². The summed E-state index contributed by atoms with van der Waals surface area (Å²) in [5.41, 5.74) is -8.52. The Kier molecular flexibility index (Phi) is 22.7. The van der Waals surface area contributed by atoms with Gasteiger partial charge in [-0.3, -0.25) is 4.79 Å². The van der Waals surface area contributed by atoms with E-state index in [1.165, 1.54) is 66.7 Å². The number of oxime groups is 2. The summed E-state index contributed by atoms with van der Waals surface area (Å²) in [5.74, 6) is -6.25. The van der Waals surface area contributed by atoms with Gasteiger partial charge in [-0.05, 0) is 127 Å². The minimum absolute atomic E-state index is 0.0142. The van der Waals surface area contributed by atoms with E-state index in [4.69, 9.17) is 101 Å².